The molecular weight excluding hydrogens is 514 g/mol. The average Bonchev–Trinajstić information content (AvgIpc) is 2.86. The first-order chi connectivity index (χ1) is 19.1. The minimum Gasteiger partial charge on any atom is -0.511 e. The summed E-state index contributed by atoms with van der Waals surface area (Å²) in [4.78, 5) is 43.6. The molecule has 2 unspecified atom stereocenters. The predicted molar refractivity (Wildman–Crippen MR) is 146 cm³/mol. The molecule has 5 N–H and O–H groups in total. The van der Waals surface area contributed by atoms with Crippen molar-refractivity contribution in [1.29, 1.82) is 0 Å². The van der Waals surface area contributed by atoms with Crippen LogP contribution in [0.1, 0.15) is 28.8 Å². The number of phenolic OH excluding ortho intramolecular Hbond substituents is 1. The van der Waals surface area contributed by atoms with E-state index in [9.17, 15) is 29.7 Å². The molecule has 4 aliphatic rings. The van der Waals surface area contributed by atoms with Gasteiger partial charge in [0.2, 0.25) is 0 Å². The first-order valence-electron chi connectivity index (χ1n) is 13.6. The van der Waals surface area contributed by atoms with Gasteiger partial charge in [-0.15, -0.1) is 0 Å². The highest BCUT2D eigenvalue weighted by atomic mass is 16.5. The Kier molecular flexibility index (Phi) is 6.35. The molecule has 10 heteroatoms. The maximum atomic E-state index is 14.1. The van der Waals surface area contributed by atoms with E-state index < -0.39 is 58.4 Å². The molecule has 1 amide bonds. The Labute approximate surface area is 231 Å². The number of Topliss-reactive ketones (excluding diaryl/α,β-unsaturated/α-hetero) is 2. The van der Waals surface area contributed by atoms with E-state index in [0.717, 1.165) is 26.1 Å². The van der Waals surface area contributed by atoms with Crippen molar-refractivity contribution in [2.75, 3.05) is 40.3 Å². The minimum absolute atomic E-state index is 0.0573. The molecule has 3 aliphatic carbocycles. The second-order valence-corrected chi connectivity index (χ2v) is 11.4. The van der Waals surface area contributed by atoms with Crippen molar-refractivity contribution in [2.24, 2.45) is 23.5 Å². The topological polar surface area (TPSA) is 154 Å². The number of primary amides is 1. The van der Waals surface area contributed by atoms with Gasteiger partial charge in [-0.2, -0.15) is 0 Å². The number of amides is 1. The Bertz CT molecular complexity index is 1520. The second kappa shape index (κ2) is 9.64. The fraction of sp³-hybridized carbons (Fsp3) is 0.433. The Hall–Kier alpha value is -3.89. The number of rotatable bonds is 6. The van der Waals surface area contributed by atoms with Crippen LogP contribution < -0.4 is 10.5 Å². The van der Waals surface area contributed by atoms with E-state index in [4.69, 9.17) is 10.5 Å². The fourth-order valence-corrected chi connectivity index (χ4v) is 7.10. The number of ether oxygens (including phenoxy) is 1. The van der Waals surface area contributed by atoms with Gasteiger partial charge in [0.1, 0.15) is 35.2 Å². The zero-order valence-electron chi connectivity index (χ0n) is 22.5. The Morgan fingerprint density at radius 1 is 1.10 bits per heavy atom. The number of phenols is 1. The number of likely N-dealkylation sites (N-methyl/N-ethyl adjacent to an activating group) is 1. The van der Waals surface area contributed by atoms with Crippen molar-refractivity contribution in [3.63, 3.8) is 0 Å². The number of carbonyl (C=O) groups excluding carboxylic acids is 3. The van der Waals surface area contributed by atoms with E-state index >= 15 is 0 Å². The predicted octanol–water partition coefficient (Wildman–Crippen LogP) is 2.24. The molecule has 4 atom stereocenters. The number of carbonyl (C=O) groups is 3. The third-order valence-corrected chi connectivity index (χ3v) is 9.00. The van der Waals surface area contributed by atoms with Gasteiger partial charge >= 0.3 is 0 Å². The maximum Gasteiger partial charge on any atom is 0.255 e. The first-order valence-corrected chi connectivity index (χ1v) is 13.6. The molecule has 0 saturated carbocycles. The molecule has 10 nitrogen and oxygen atoms in total. The standard InChI is InChI=1S/C30H33N3O7/c1-32(2)23-17-12-14-13-18-21(26(36)19(14)25(35)20(17)27(37)22(28(23)38)30(31)39)24(34)15-6-3-4-7-16(15)29(18)40-11-10-33-8-5-9-33/h3-4,6-7,14,17,20,23,34-35,38H,5,8-13H2,1-2H3,(H2,31,39)/t14-,17?,20?,23+/m1/s1. The number of aliphatic hydroxyl groups is 2. The number of allylic oxidation sites excluding steroid dienone is 2. The van der Waals surface area contributed by atoms with Crippen LogP contribution in [0.4, 0.5) is 0 Å². The van der Waals surface area contributed by atoms with Gasteiger partial charge in [-0.1, -0.05) is 24.3 Å². The summed E-state index contributed by atoms with van der Waals surface area (Å²) in [5.41, 5.74) is 5.59. The van der Waals surface area contributed by atoms with Crippen molar-refractivity contribution in [2.45, 2.75) is 25.3 Å². The number of benzene rings is 2. The quantitative estimate of drug-likeness (QED) is 0.399. The van der Waals surface area contributed by atoms with Gasteiger partial charge in [0.05, 0.1) is 17.5 Å². The first kappa shape index (κ1) is 26.3. The lowest BCUT2D eigenvalue weighted by Crippen LogP contribution is -2.53. The zero-order valence-corrected chi connectivity index (χ0v) is 22.5. The number of aliphatic hydroxyl groups excluding tert-OH is 2. The van der Waals surface area contributed by atoms with Crippen LogP contribution in [0.2, 0.25) is 0 Å². The number of hydrogen-bond acceptors (Lipinski definition) is 9. The maximum absolute atomic E-state index is 14.1. The summed E-state index contributed by atoms with van der Waals surface area (Å²) in [6, 6.07) is 6.43. The van der Waals surface area contributed by atoms with Crippen molar-refractivity contribution in [3.05, 3.63) is 58.1 Å². The van der Waals surface area contributed by atoms with E-state index in [2.05, 4.69) is 4.90 Å². The van der Waals surface area contributed by atoms with Crippen LogP contribution in [0.5, 0.6) is 11.5 Å². The highest BCUT2D eigenvalue weighted by molar-refractivity contribution is 6.22. The summed E-state index contributed by atoms with van der Waals surface area (Å²) < 4.78 is 6.33. The lowest BCUT2D eigenvalue weighted by atomic mass is 9.60. The summed E-state index contributed by atoms with van der Waals surface area (Å²) >= 11 is 0. The van der Waals surface area contributed by atoms with Crippen molar-refractivity contribution < 1.29 is 34.4 Å². The van der Waals surface area contributed by atoms with E-state index in [1.54, 1.807) is 31.1 Å². The van der Waals surface area contributed by atoms with E-state index in [1.165, 1.54) is 0 Å². The molecule has 1 fully saturated rings. The zero-order chi connectivity index (χ0) is 28.5. The highest BCUT2D eigenvalue weighted by Gasteiger charge is 2.54. The van der Waals surface area contributed by atoms with Gasteiger partial charge in [0, 0.05) is 28.5 Å². The van der Waals surface area contributed by atoms with E-state index in [-0.39, 0.29) is 16.9 Å². The van der Waals surface area contributed by atoms with Crippen LogP contribution >= 0.6 is 0 Å². The molecule has 210 valence electrons. The molecule has 0 radical (unpaired) electrons. The number of aromatic hydroxyl groups is 1. The SMILES string of the molecule is CN(C)[C@@H]1C(O)=C(C(N)=O)C(=O)C2C(O)=C3C(=O)c4c(c(OCCN5CCC5)c5ccccc5c4O)C[C@H]3CC21. The van der Waals surface area contributed by atoms with Crippen LogP contribution in [0.25, 0.3) is 10.8 Å². The number of nitrogens with two attached hydrogens (primary N) is 1. The van der Waals surface area contributed by atoms with E-state index in [1.807, 2.05) is 12.1 Å². The largest absolute Gasteiger partial charge is 0.511 e. The normalized spacial score (nSPS) is 26.5. The summed E-state index contributed by atoms with van der Waals surface area (Å²) in [6.45, 7) is 3.22. The van der Waals surface area contributed by atoms with Crippen molar-refractivity contribution >= 4 is 28.2 Å². The van der Waals surface area contributed by atoms with Crippen LogP contribution in [0.3, 0.4) is 0 Å². The average molecular weight is 548 g/mol. The van der Waals surface area contributed by atoms with Gasteiger partial charge in [-0.25, -0.2) is 0 Å². The number of ketones is 2. The molecule has 0 bridgehead atoms. The summed E-state index contributed by atoms with van der Waals surface area (Å²) in [5.74, 6) is -5.23. The van der Waals surface area contributed by atoms with Crippen molar-refractivity contribution in [1.82, 2.24) is 9.80 Å². The molecule has 0 aromatic heterocycles. The molecular formula is C30H33N3O7. The van der Waals surface area contributed by atoms with Crippen LogP contribution in [0.15, 0.2) is 46.9 Å². The third kappa shape index (κ3) is 3.81. The summed E-state index contributed by atoms with van der Waals surface area (Å²) in [7, 11) is 3.41. The molecule has 2 aromatic rings. The Morgan fingerprint density at radius 3 is 2.42 bits per heavy atom. The van der Waals surface area contributed by atoms with Gasteiger partial charge in [-0.3, -0.25) is 24.2 Å². The van der Waals surface area contributed by atoms with Gasteiger partial charge < -0.3 is 25.8 Å². The minimum atomic E-state index is -1.21. The number of likely N-dealkylation sites (tertiary alicyclic amines) is 1. The monoisotopic (exact) mass is 547 g/mol. The molecule has 1 heterocycles. The summed E-state index contributed by atoms with van der Waals surface area (Å²) in [6.07, 6.45) is 1.75. The third-order valence-electron chi connectivity index (χ3n) is 9.00. The lowest BCUT2D eigenvalue weighted by Gasteiger charge is -2.46. The van der Waals surface area contributed by atoms with Gasteiger partial charge in [0.15, 0.2) is 11.6 Å². The molecule has 1 aliphatic heterocycles. The second-order valence-electron chi connectivity index (χ2n) is 11.4. The van der Waals surface area contributed by atoms with Crippen LogP contribution in [-0.4, -0.2) is 89.0 Å². The molecule has 0 spiro atoms. The van der Waals surface area contributed by atoms with Crippen molar-refractivity contribution in [3.8, 4) is 11.5 Å². The van der Waals surface area contributed by atoms with Crippen LogP contribution in [0, 0.1) is 17.8 Å². The molecule has 6 rings (SSSR count). The number of hydrogen-bond donors (Lipinski definition) is 4. The fourth-order valence-electron chi connectivity index (χ4n) is 7.10. The number of nitrogens with zero attached hydrogens (tertiary/aromatic N) is 2. The van der Waals surface area contributed by atoms with Gasteiger partial charge in [-0.05, 0) is 58.3 Å². The molecule has 2 aromatic carbocycles. The molecule has 40 heavy (non-hydrogen) atoms. The Balaban J connectivity index is 1.48. The number of fused-ring (bicyclic) bond motifs is 4. The highest BCUT2D eigenvalue weighted by Crippen LogP contribution is 2.53. The molecule has 1 saturated heterocycles. The smallest absolute Gasteiger partial charge is 0.255 e. The Morgan fingerprint density at radius 2 is 1.80 bits per heavy atom. The van der Waals surface area contributed by atoms with Crippen LogP contribution in [-0.2, 0) is 16.0 Å². The van der Waals surface area contributed by atoms with Gasteiger partial charge in [0.25, 0.3) is 5.91 Å². The lowest BCUT2D eigenvalue weighted by molar-refractivity contribution is -0.127. The van der Waals surface area contributed by atoms with E-state index in [0.29, 0.717) is 41.5 Å². The summed E-state index contributed by atoms with van der Waals surface area (Å²) in [5, 5.41) is 34.9.